The van der Waals surface area contributed by atoms with E-state index in [4.69, 9.17) is 26.7 Å². The van der Waals surface area contributed by atoms with E-state index in [0.29, 0.717) is 12.8 Å². The Labute approximate surface area is 438 Å². The zero-order valence-electron chi connectivity index (χ0n) is 42.6. The minimum atomic E-state index is -6.07. The number of carbonyl (C=O) groups excluding carboxylic acids is 4. The molecule has 0 bridgehead atoms. The molecule has 17 nitrogen and oxygen atoms in total. The van der Waals surface area contributed by atoms with Crippen LogP contribution >= 0.6 is 11.6 Å². The van der Waals surface area contributed by atoms with Crippen LogP contribution in [0.2, 0.25) is 0 Å². The number of hydrogen-bond acceptors (Lipinski definition) is 16. The Hall–Kier alpha value is -1.58. The van der Waals surface area contributed by atoms with Crippen molar-refractivity contribution in [2.75, 3.05) is 71.4 Å². The first-order chi connectivity index (χ1) is 31.0. The maximum Gasteiger partial charge on any atom is 1.00 e. The van der Waals surface area contributed by atoms with Crippen molar-refractivity contribution in [1.29, 1.82) is 5.26 Å². The first-order valence-corrected chi connectivity index (χ1v) is 26.7. The molecule has 0 heterocycles. The van der Waals surface area contributed by atoms with Gasteiger partial charge >= 0.3 is 52.7 Å². The topological polar surface area (TPSA) is 262 Å². The molecule has 0 spiro atoms. The predicted molar refractivity (Wildman–Crippen MR) is 259 cm³/mol. The molecule has 0 radical (unpaired) electrons. The number of ether oxygens (including phenoxy) is 3. The van der Waals surface area contributed by atoms with Crippen LogP contribution in [0.15, 0.2) is 0 Å². The number of halogens is 3. The van der Waals surface area contributed by atoms with Crippen LogP contribution in [0.4, 0.5) is 8.78 Å². The van der Waals surface area contributed by atoms with Gasteiger partial charge in [0.15, 0.2) is 10.1 Å². The van der Waals surface area contributed by atoms with Gasteiger partial charge in [0.1, 0.15) is 35.7 Å². The Balaban J connectivity index is -0.000000115. The van der Waals surface area contributed by atoms with E-state index in [1.54, 1.807) is 11.0 Å². The fraction of sp³-hybridized carbons (Fsp3) is 0.889. The third-order valence-corrected chi connectivity index (χ3v) is 10.7. The number of alkyl halides is 2. The van der Waals surface area contributed by atoms with Gasteiger partial charge in [-0.25, -0.2) is 21.6 Å². The molecule has 404 valence electrons. The molecular formula is C45H91ClF2N3NaO14S2. The van der Waals surface area contributed by atoms with Crippen LogP contribution in [0.3, 0.4) is 0 Å². The van der Waals surface area contributed by atoms with Crippen LogP contribution in [0.1, 0.15) is 185 Å². The molecule has 0 aliphatic rings. The molecule has 0 aliphatic heterocycles. The van der Waals surface area contributed by atoms with Crippen LogP contribution in [0.25, 0.3) is 0 Å². The van der Waals surface area contributed by atoms with Gasteiger partial charge in [0.25, 0.3) is 0 Å². The summed E-state index contributed by atoms with van der Waals surface area (Å²) >= 11 is 5.22. The van der Waals surface area contributed by atoms with E-state index in [0.717, 1.165) is 32.1 Å². The van der Waals surface area contributed by atoms with Crippen molar-refractivity contribution in [1.82, 2.24) is 4.90 Å². The third-order valence-electron chi connectivity index (χ3n) is 9.08. The van der Waals surface area contributed by atoms with Gasteiger partial charge in [-0.05, 0) is 64.8 Å². The van der Waals surface area contributed by atoms with E-state index in [1.165, 1.54) is 117 Å². The fourth-order valence-electron chi connectivity index (χ4n) is 5.12. The summed E-state index contributed by atoms with van der Waals surface area (Å²) in [5.41, 5.74) is 0. The van der Waals surface area contributed by atoms with Gasteiger partial charge in [-0.15, -0.1) is 0 Å². The SMILES string of the molecule is C.CC#N.CCCCCCCCCCC(=O)Cl.CCCCCCCCCCC(=O)OCCOC(=O)CS(=O)(=O)[O-].CCN(CC)CC.CC[NH+](CC)CC.O=C(OCCO)C(F)(F)S(=O)(=O)[O-].[Na+]. The summed E-state index contributed by atoms with van der Waals surface area (Å²) < 4.78 is 97.5. The van der Waals surface area contributed by atoms with Gasteiger partial charge in [0.2, 0.25) is 5.24 Å². The molecule has 23 heteroatoms. The third kappa shape index (κ3) is 68.7. The Morgan fingerprint density at radius 3 is 1.25 bits per heavy atom. The van der Waals surface area contributed by atoms with Gasteiger partial charge in [-0.3, -0.25) is 14.4 Å². The quantitative estimate of drug-likeness (QED) is 0.0228. The summed E-state index contributed by atoms with van der Waals surface area (Å²) in [5.74, 6) is -5.21. The minimum Gasteiger partial charge on any atom is -0.748 e. The van der Waals surface area contributed by atoms with E-state index >= 15 is 0 Å². The molecule has 0 aromatic heterocycles. The zero-order chi connectivity index (χ0) is 52.3. The molecule has 0 aliphatic carbocycles. The summed E-state index contributed by atoms with van der Waals surface area (Å²) in [5, 5.41) is 10.1. The number of carbonyl (C=O) groups is 4. The number of aliphatic hydroxyl groups excluding tert-OH is 1. The summed E-state index contributed by atoms with van der Waals surface area (Å²) in [6.07, 6.45) is 20.0. The van der Waals surface area contributed by atoms with Gasteiger partial charge < -0.3 is 38.2 Å². The largest absolute Gasteiger partial charge is 1.00 e. The van der Waals surface area contributed by atoms with Crippen molar-refractivity contribution in [3.05, 3.63) is 0 Å². The van der Waals surface area contributed by atoms with Crippen molar-refractivity contribution < 1.29 is 108 Å². The first-order valence-electron chi connectivity index (χ1n) is 23.4. The average molecular weight is 1060 g/mol. The summed E-state index contributed by atoms with van der Waals surface area (Å²) in [6, 6.07) is 1.75. The van der Waals surface area contributed by atoms with Crippen molar-refractivity contribution in [3.63, 3.8) is 0 Å². The number of aliphatic hydroxyl groups is 1. The van der Waals surface area contributed by atoms with Crippen molar-refractivity contribution in [3.8, 4) is 6.07 Å². The van der Waals surface area contributed by atoms with Crippen LogP contribution < -0.4 is 34.5 Å². The average Bonchev–Trinajstić information content (AvgIpc) is 3.25. The molecule has 0 saturated carbocycles. The summed E-state index contributed by atoms with van der Waals surface area (Å²) in [4.78, 5) is 46.9. The second-order valence-electron chi connectivity index (χ2n) is 14.4. The van der Waals surface area contributed by atoms with Gasteiger partial charge in [0, 0.05) is 19.8 Å². The Bertz CT molecular complexity index is 1390. The first kappa shape index (κ1) is 83.3. The Kier molecular flexibility index (Phi) is 73.2. The summed E-state index contributed by atoms with van der Waals surface area (Å²) in [7, 11) is -10.7. The standard InChI is InChI=1S/C15H28O7S.C11H21ClO.2C6H15N.C4H6F2O6S.C2H3N.CH4.Na/c1-2-3-4-5-6-7-8-9-10-14(16)21-11-12-22-15(17)13-23(18,19)20;1-2-3-4-5-6-7-8-9-10-11(12)13;2*1-4-7(5-2)6-3;5-4(6,13(9,10)11)3(8)12-2-1-7;1-2-3;;/h2-13H2,1H3,(H,18,19,20);2-10H2,1H3;2*4-6H2,1-3H3;7H,1-2H2,(H,9,10,11);1H3;1H4;/q;;;;;;;+1/p-1. The minimum absolute atomic E-state index is 0. The van der Waals surface area contributed by atoms with Crippen LogP contribution in [-0.4, -0.2) is 136 Å². The molecule has 0 amide bonds. The van der Waals surface area contributed by atoms with Crippen LogP contribution in [-0.2, 0) is 53.6 Å². The number of nitriles is 1. The smallest absolute Gasteiger partial charge is 0.748 e. The normalized spacial score (nSPS) is 10.4. The van der Waals surface area contributed by atoms with Crippen molar-refractivity contribution in [2.45, 2.75) is 191 Å². The van der Waals surface area contributed by atoms with Gasteiger partial charge in [-0.2, -0.15) is 14.0 Å². The number of esters is 3. The van der Waals surface area contributed by atoms with Crippen LogP contribution in [0.5, 0.6) is 0 Å². The molecule has 68 heavy (non-hydrogen) atoms. The van der Waals surface area contributed by atoms with E-state index in [-0.39, 0.29) is 61.4 Å². The molecule has 0 fully saturated rings. The maximum absolute atomic E-state index is 12.2. The molecule has 0 saturated heterocycles. The fourth-order valence-corrected chi connectivity index (χ4v) is 5.88. The van der Waals surface area contributed by atoms with Crippen molar-refractivity contribution >= 4 is 55.0 Å². The molecule has 0 atom stereocenters. The second-order valence-corrected chi connectivity index (χ2v) is 17.7. The Morgan fingerprint density at radius 2 is 0.985 bits per heavy atom. The van der Waals surface area contributed by atoms with Gasteiger partial charge in [0.05, 0.1) is 32.3 Å². The molecular weight excluding hydrogens is 967 g/mol. The predicted octanol–water partition coefficient (Wildman–Crippen LogP) is 4.54. The van der Waals surface area contributed by atoms with Gasteiger partial charge in [-0.1, -0.05) is 132 Å². The number of hydrogen-bond donors (Lipinski definition) is 2. The number of nitrogens with one attached hydrogen (secondary N) is 1. The van der Waals surface area contributed by atoms with Crippen LogP contribution in [0, 0.1) is 11.3 Å². The number of rotatable bonds is 33. The molecule has 2 N–H and O–H groups in total. The molecule has 0 unspecified atom stereocenters. The summed E-state index contributed by atoms with van der Waals surface area (Å²) in [6.45, 7) is 24.5. The van der Waals surface area contributed by atoms with E-state index < -0.39 is 56.4 Å². The second kappa shape index (κ2) is 59.7. The van der Waals surface area contributed by atoms with Crippen molar-refractivity contribution in [2.24, 2.45) is 0 Å². The number of unbranched alkanes of at least 4 members (excludes halogenated alkanes) is 14. The monoisotopic (exact) mass is 1060 g/mol. The van der Waals surface area contributed by atoms with E-state index in [2.05, 4.69) is 69.8 Å². The maximum atomic E-state index is 12.2. The van der Waals surface area contributed by atoms with E-state index in [1.807, 2.05) is 0 Å². The van der Waals surface area contributed by atoms with E-state index in [9.17, 15) is 53.9 Å². The number of quaternary nitrogens is 1. The zero-order valence-corrected chi connectivity index (χ0v) is 47.0. The molecule has 0 aromatic rings. The number of nitrogens with zero attached hydrogens (tertiary/aromatic N) is 2. The molecule has 0 aromatic carbocycles. The molecule has 0 rings (SSSR count). The Morgan fingerprint density at radius 1 is 0.647 bits per heavy atom.